The smallest absolute Gasteiger partial charge is 0.261 e. The lowest BCUT2D eigenvalue weighted by Crippen LogP contribution is -2.40. The van der Waals surface area contributed by atoms with E-state index in [4.69, 9.17) is 0 Å². The summed E-state index contributed by atoms with van der Waals surface area (Å²) in [6, 6.07) is 13.8. The van der Waals surface area contributed by atoms with E-state index in [9.17, 15) is 9.59 Å². The van der Waals surface area contributed by atoms with E-state index < -0.39 is 0 Å². The fourth-order valence-corrected chi connectivity index (χ4v) is 2.72. The van der Waals surface area contributed by atoms with Crippen molar-refractivity contribution in [3.63, 3.8) is 0 Å². The number of rotatable bonds is 7. The van der Waals surface area contributed by atoms with Gasteiger partial charge in [-0.1, -0.05) is 36.4 Å². The zero-order valence-electron chi connectivity index (χ0n) is 12.5. The second-order valence-corrected chi connectivity index (χ2v) is 6.10. The number of amides is 2. The van der Waals surface area contributed by atoms with Crippen molar-refractivity contribution in [1.82, 2.24) is 10.6 Å². The third-order valence-electron chi connectivity index (χ3n) is 3.27. The molecule has 4 nitrogen and oxygen atoms in total. The van der Waals surface area contributed by atoms with Gasteiger partial charge in [-0.25, -0.2) is 0 Å². The first-order valence-electron chi connectivity index (χ1n) is 7.30. The van der Waals surface area contributed by atoms with Crippen LogP contribution < -0.4 is 10.6 Å². The summed E-state index contributed by atoms with van der Waals surface area (Å²) in [5.41, 5.74) is 1.26. The summed E-state index contributed by atoms with van der Waals surface area (Å²) in [5, 5.41) is 7.36. The Bertz CT molecular complexity index is 596. The highest BCUT2D eigenvalue weighted by Crippen LogP contribution is 2.07. The van der Waals surface area contributed by atoms with Crippen molar-refractivity contribution in [2.45, 2.75) is 25.8 Å². The molecule has 0 radical (unpaired) electrons. The molecule has 2 N–H and O–H groups in total. The largest absolute Gasteiger partial charge is 0.352 e. The zero-order chi connectivity index (χ0) is 15.8. The predicted molar refractivity (Wildman–Crippen MR) is 89.0 cm³/mol. The van der Waals surface area contributed by atoms with Gasteiger partial charge < -0.3 is 10.6 Å². The second kappa shape index (κ2) is 8.34. The molecule has 0 aliphatic rings. The number of aryl methyl sites for hydroxylation is 1. The van der Waals surface area contributed by atoms with Crippen LogP contribution in [0, 0.1) is 0 Å². The van der Waals surface area contributed by atoms with Gasteiger partial charge in [-0.05, 0) is 36.8 Å². The number of hydrogen-bond donors (Lipinski definition) is 2. The Balaban J connectivity index is 1.67. The maximum Gasteiger partial charge on any atom is 0.261 e. The van der Waals surface area contributed by atoms with Crippen molar-refractivity contribution < 1.29 is 9.59 Å². The van der Waals surface area contributed by atoms with E-state index in [1.54, 1.807) is 6.07 Å². The van der Waals surface area contributed by atoms with Gasteiger partial charge in [0.1, 0.15) is 0 Å². The highest BCUT2D eigenvalue weighted by Gasteiger charge is 2.10. The molecule has 0 aliphatic heterocycles. The molecule has 1 aromatic carbocycles. The van der Waals surface area contributed by atoms with Crippen LogP contribution in [-0.2, 0) is 11.2 Å². The average molecular weight is 316 g/mol. The molecular weight excluding hydrogens is 296 g/mol. The molecule has 0 fully saturated rings. The number of thiophene rings is 1. The Morgan fingerprint density at radius 1 is 1.14 bits per heavy atom. The van der Waals surface area contributed by atoms with E-state index in [1.807, 2.05) is 36.6 Å². The van der Waals surface area contributed by atoms with Gasteiger partial charge in [0.25, 0.3) is 5.91 Å². The Hall–Kier alpha value is -2.14. The van der Waals surface area contributed by atoms with Crippen LogP contribution in [0.3, 0.4) is 0 Å². The van der Waals surface area contributed by atoms with E-state index in [0.717, 1.165) is 12.8 Å². The van der Waals surface area contributed by atoms with Gasteiger partial charge in [0.15, 0.2) is 0 Å². The molecule has 1 atom stereocenters. The van der Waals surface area contributed by atoms with Crippen molar-refractivity contribution in [1.29, 1.82) is 0 Å². The fourth-order valence-electron chi connectivity index (χ4n) is 2.08. The summed E-state index contributed by atoms with van der Waals surface area (Å²) in [6.45, 7) is 1.98. The first kappa shape index (κ1) is 16.2. The van der Waals surface area contributed by atoms with Gasteiger partial charge in [-0.3, -0.25) is 9.59 Å². The third kappa shape index (κ3) is 5.33. The Labute approximate surface area is 134 Å². The van der Waals surface area contributed by atoms with Crippen molar-refractivity contribution in [3.05, 3.63) is 58.3 Å². The van der Waals surface area contributed by atoms with Crippen LogP contribution in [0.15, 0.2) is 47.8 Å². The Kier molecular flexibility index (Phi) is 6.15. The summed E-state index contributed by atoms with van der Waals surface area (Å²) < 4.78 is 0. The SMILES string of the molecule is C[C@H](CCc1ccccc1)NC(=O)CNC(=O)c1cccs1. The number of carbonyl (C=O) groups excluding carboxylic acids is 2. The lowest BCUT2D eigenvalue weighted by atomic mass is 10.1. The number of hydrogen-bond acceptors (Lipinski definition) is 3. The molecule has 2 aromatic rings. The van der Waals surface area contributed by atoms with E-state index in [-0.39, 0.29) is 24.4 Å². The van der Waals surface area contributed by atoms with Crippen LogP contribution in [0.1, 0.15) is 28.6 Å². The molecule has 2 amide bonds. The van der Waals surface area contributed by atoms with Crippen LogP contribution in [-0.4, -0.2) is 24.4 Å². The topological polar surface area (TPSA) is 58.2 Å². The van der Waals surface area contributed by atoms with Crippen LogP contribution in [0.25, 0.3) is 0 Å². The molecule has 0 unspecified atom stereocenters. The summed E-state index contributed by atoms with van der Waals surface area (Å²) >= 11 is 1.36. The highest BCUT2D eigenvalue weighted by molar-refractivity contribution is 7.12. The van der Waals surface area contributed by atoms with E-state index >= 15 is 0 Å². The van der Waals surface area contributed by atoms with Crippen molar-refractivity contribution in [2.75, 3.05) is 6.54 Å². The minimum absolute atomic E-state index is 0.00636. The first-order valence-corrected chi connectivity index (χ1v) is 8.18. The summed E-state index contributed by atoms with van der Waals surface area (Å²) in [7, 11) is 0. The van der Waals surface area contributed by atoms with E-state index in [1.165, 1.54) is 16.9 Å². The fraction of sp³-hybridized carbons (Fsp3) is 0.294. The van der Waals surface area contributed by atoms with Gasteiger partial charge in [0.05, 0.1) is 11.4 Å². The van der Waals surface area contributed by atoms with Crippen LogP contribution in [0.2, 0.25) is 0 Å². The average Bonchev–Trinajstić information content (AvgIpc) is 3.06. The zero-order valence-corrected chi connectivity index (χ0v) is 13.4. The number of benzene rings is 1. The highest BCUT2D eigenvalue weighted by atomic mass is 32.1. The van der Waals surface area contributed by atoms with Crippen LogP contribution >= 0.6 is 11.3 Å². The van der Waals surface area contributed by atoms with Crippen LogP contribution in [0.4, 0.5) is 0 Å². The van der Waals surface area contributed by atoms with Crippen molar-refractivity contribution in [2.24, 2.45) is 0 Å². The maximum atomic E-state index is 11.8. The Morgan fingerprint density at radius 2 is 1.91 bits per heavy atom. The van der Waals surface area contributed by atoms with Gasteiger partial charge in [0, 0.05) is 6.04 Å². The van der Waals surface area contributed by atoms with Gasteiger partial charge in [-0.2, -0.15) is 0 Å². The van der Waals surface area contributed by atoms with Crippen molar-refractivity contribution >= 4 is 23.2 Å². The lowest BCUT2D eigenvalue weighted by molar-refractivity contribution is -0.120. The Morgan fingerprint density at radius 3 is 2.59 bits per heavy atom. The van der Waals surface area contributed by atoms with Gasteiger partial charge in [-0.15, -0.1) is 11.3 Å². The van der Waals surface area contributed by atoms with Gasteiger partial charge in [0.2, 0.25) is 5.91 Å². The molecule has 0 saturated carbocycles. The molecule has 1 aromatic heterocycles. The standard InChI is InChI=1S/C17H20N2O2S/c1-13(9-10-14-6-3-2-4-7-14)19-16(20)12-18-17(21)15-8-5-11-22-15/h2-8,11,13H,9-10,12H2,1H3,(H,18,21)(H,19,20)/t13-/m1/s1. The number of nitrogens with one attached hydrogen (secondary N) is 2. The van der Waals surface area contributed by atoms with E-state index in [0.29, 0.717) is 4.88 Å². The monoisotopic (exact) mass is 316 g/mol. The molecule has 0 bridgehead atoms. The summed E-state index contributed by atoms with van der Waals surface area (Å²) in [6.07, 6.45) is 1.79. The molecule has 2 rings (SSSR count). The van der Waals surface area contributed by atoms with Crippen LogP contribution in [0.5, 0.6) is 0 Å². The lowest BCUT2D eigenvalue weighted by Gasteiger charge is -2.14. The quantitative estimate of drug-likeness (QED) is 0.825. The third-order valence-corrected chi connectivity index (χ3v) is 4.14. The molecule has 0 saturated heterocycles. The summed E-state index contributed by atoms with van der Waals surface area (Å²) in [4.78, 5) is 24.2. The molecular formula is C17H20N2O2S. The minimum atomic E-state index is -0.206. The second-order valence-electron chi connectivity index (χ2n) is 5.15. The molecule has 22 heavy (non-hydrogen) atoms. The molecule has 1 heterocycles. The number of carbonyl (C=O) groups is 2. The minimum Gasteiger partial charge on any atom is -0.352 e. The summed E-state index contributed by atoms with van der Waals surface area (Å²) in [5.74, 6) is -0.368. The van der Waals surface area contributed by atoms with Crippen molar-refractivity contribution in [3.8, 4) is 0 Å². The molecule has 0 spiro atoms. The predicted octanol–water partition coefficient (Wildman–Crippen LogP) is 2.62. The van der Waals surface area contributed by atoms with E-state index in [2.05, 4.69) is 22.8 Å². The molecule has 116 valence electrons. The molecule has 5 heteroatoms. The maximum absolute atomic E-state index is 11.8. The normalized spacial score (nSPS) is 11.7. The van der Waals surface area contributed by atoms with Gasteiger partial charge >= 0.3 is 0 Å². The molecule has 0 aliphatic carbocycles. The first-order chi connectivity index (χ1) is 10.6.